The average molecular weight is 387 g/mol. The lowest BCUT2D eigenvalue weighted by atomic mass is 10.0. The quantitative estimate of drug-likeness (QED) is 0.433. The van der Waals surface area contributed by atoms with Crippen LogP contribution in [0.3, 0.4) is 0 Å². The molecule has 0 saturated carbocycles. The first-order valence-electron chi connectivity index (χ1n) is 8.95. The molecule has 0 aromatic heterocycles. The molecule has 0 unspecified atom stereocenters. The Hall–Kier alpha value is -4.06. The molecule has 0 radical (unpaired) electrons. The first kappa shape index (κ1) is 19.7. The van der Waals surface area contributed by atoms with E-state index >= 15 is 0 Å². The van der Waals surface area contributed by atoms with Gasteiger partial charge in [-0.05, 0) is 42.0 Å². The number of hydrogen-bond donors (Lipinski definition) is 3. The fraction of sp³-hybridized carbons (Fsp3) is 0.0435. The van der Waals surface area contributed by atoms with Gasteiger partial charge in [0.05, 0.1) is 7.11 Å². The number of hydrogen-bond acceptors (Lipinski definition) is 3. The van der Waals surface area contributed by atoms with Crippen molar-refractivity contribution in [2.45, 2.75) is 0 Å². The van der Waals surface area contributed by atoms with E-state index < -0.39 is 6.03 Å². The Balaban J connectivity index is 1.91. The zero-order valence-electron chi connectivity index (χ0n) is 15.9. The highest BCUT2D eigenvalue weighted by Crippen LogP contribution is 2.26. The van der Waals surface area contributed by atoms with Gasteiger partial charge in [-0.3, -0.25) is 4.79 Å². The topological polar surface area (TPSA) is 93.4 Å². The minimum absolute atomic E-state index is 0.266. The Morgan fingerprint density at radius 1 is 0.828 bits per heavy atom. The van der Waals surface area contributed by atoms with E-state index in [4.69, 9.17) is 10.5 Å². The van der Waals surface area contributed by atoms with Crippen LogP contribution < -0.4 is 21.1 Å². The lowest BCUT2D eigenvalue weighted by Crippen LogP contribution is -2.19. The second kappa shape index (κ2) is 9.23. The molecule has 0 aliphatic carbocycles. The normalized spacial score (nSPS) is 10.9. The lowest BCUT2D eigenvalue weighted by molar-refractivity contribution is -0.111. The molecule has 3 rings (SSSR count). The SMILES string of the molecule is COc1ccccc1/C=C(/C(=O)Nc1ccc(NC(N)=O)cc1)c1ccccc1. The van der Waals surface area contributed by atoms with Crippen molar-refractivity contribution in [1.29, 1.82) is 0 Å². The highest BCUT2D eigenvalue weighted by atomic mass is 16.5. The van der Waals surface area contributed by atoms with E-state index in [9.17, 15) is 9.59 Å². The fourth-order valence-corrected chi connectivity index (χ4v) is 2.82. The molecule has 3 amide bonds. The van der Waals surface area contributed by atoms with Crippen LogP contribution in [0.5, 0.6) is 5.75 Å². The third kappa shape index (κ3) is 5.23. The van der Waals surface area contributed by atoms with Crippen molar-refractivity contribution in [3.05, 3.63) is 90.0 Å². The standard InChI is InChI=1S/C23H21N3O3/c1-29-21-10-6-5-9-17(21)15-20(16-7-3-2-4-8-16)22(27)25-18-11-13-19(14-12-18)26-23(24)28/h2-15H,1H3,(H,25,27)(H3,24,26,28)/b20-15+. The van der Waals surface area contributed by atoms with Gasteiger partial charge in [0.15, 0.2) is 0 Å². The van der Waals surface area contributed by atoms with Gasteiger partial charge in [0.25, 0.3) is 5.91 Å². The Labute approximate surface area is 169 Å². The number of amides is 3. The zero-order valence-corrected chi connectivity index (χ0v) is 15.9. The summed E-state index contributed by atoms with van der Waals surface area (Å²) in [5.41, 5.74) is 8.31. The molecule has 0 heterocycles. The maximum Gasteiger partial charge on any atom is 0.316 e. The van der Waals surface area contributed by atoms with Crippen molar-refractivity contribution in [2.75, 3.05) is 17.7 Å². The summed E-state index contributed by atoms with van der Waals surface area (Å²) >= 11 is 0. The van der Waals surface area contributed by atoms with E-state index in [2.05, 4.69) is 10.6 Å². The van der Waals surface area contributed by atoms with E-state index in [-0.39, 0.29) is 5.91 Å². The summed E-state index contributed by atoms with van der Waals surface area (Å²) < 4.78 is 5.40. The van der Waals surface area contributed by atoms with Crippen molar-refractivity contribution in [2.24, 2.45) is 5.73 Å². The summed E-state index contributed by atoms with van der Waals surface area (Å²) in [6, 6.07) is 23.0. The highest BCUT2D eigenvalue weighted by molar-refractivity contribution is 6.29. The van der Waals surface area contributed by atoms with E-state index in [1.54, 1.807) is 37.5 Å². The minimum Gasteiger partial charge on any atom is -0.496 e. The lowest BCUT2D eigenvalue weighted by Gasteiger charge is -2.12. The van der Waals surface area contributed by atoms with Gasteiger partial charge in [-0.15, -0.1) is 0 Å². The first-order chi connectivity index (χ1) is 14.1. The number of nitrogens with one attached hydrogen (secondary N) is 2. The van der Waals surface area contributed by atoms with Gasteiger partial charge in [0.1, 0.15) is 5.75 Å². The maximum atomic E-state index is 13.1. The number of urea groups is 1. The number of primary amides is 1. The Kier molecular flexibility index (Phi) is 6.27. The maximum absolute atomic E-state index is 13.1. The third-order valence-electron chi connectivity index (χ3n) is 4.18. The molecule has 0 aliphatic rings. The van der Waals surface area contributed by atoms with Crippen LogP contribution in [0.25, 0.3) is 11.6 Å². The molecule has 146 valence electrons. The molecule has 6 heteroatoms. The predicted molar refractivity (Wildman–Crippen MR) is 116 cm³/mol. The van der Waals surface area contributed by atoms with Crippen LogP contribution in [-0.4, -0.2) is 19.0 Å². The molecule has 4 N–H and O–H groups in total. The number of carbonyl (C=O) groups excluding carboxylic acids is 2. The summed E-state index contributed by atoms with van der Waals surface area (Å²) in [5, 5.41) is 5.37. The van der Waals surface area contributed by atoms with Gasteiger partial charge < -0.3 is 21.1 Å². The number of benzene rings is 3. The predicted octanol–water partition coefficient (Wildman–Crippen LogP) is 4.37. The number of anilines is 2. The molecular weight excluding hydrogens is 366 g/mol. The number of para-hydroxylation sites is 1. The van der Waals surface area contributed by atoms with Crippen LogP contribution in [0.4, 0.5) is 16.2 Å². The van der Waals surface area contributed by atoms with Crippen molar-refractivity contribution in [3.63, 3.8) is 0 Å². The molecule has 0 saturated heterocycles. The number of carbonyl (C=O) groups is 2. The Morgan fingerprint density at radius 2 is 1.41 bits per heavy atom. The van der Waals surface area contributed by atoms with E-state index in [0.717, 1.165) is 11.1 Å². The summed E-state index contributed by atoms with van der Waals surface area (Å²) in [6.07, 6.45) is 1.80. The first-order valence-corrected chi connectivity index (χ1v) is 8.95. The van der Waals surface area contributed by atoms with Crippen LogP contribution >= 0.6 is 0 Å². The molecule has 0 bridgehead atoms. The van der Waals surface area contributed by atoms with Crippen LogP contribution in [0.2, 0.25) is 0 Å². The molecule has 6 nitrogen and oxygen atoms in total. The summed E-state index contributed by atoms with van der Waals surface area (Å²) in [6.45, 7) is 0. The van der Waals surface area contributed by atoms with Gasteiger partial charge in [-0.2, -0.15) is 0 Å². The smallest absolute Gasteiger partial charge is 0.316 e. The molecule has 0 spiro atoms. The third-order valence-corrected chi connectivity index (χ3v) is 4.18. The summed E-state index contributed by atoms with van der Waals surface area (Å²) in [5.74, 6) is 0.410. The van der Waals surface area contributed by atoms with Crippen LogP contribution in [0, 0.1) is 0 Å². The van der Waals surface area contributed by atoms with E-state index in [1.165, 1.54) is 0 Å². The Morgan fingerprint density at radius 3 is 2.03 bits per heavy atom. The van der Waals surface area contributed by atoms with Crippen molar-refractivity contribution >= 4 is 35.0 Å². The van der Waals surface area contributed by atoms with E-state index in [1.807, 2.05) is 54.6 Å². The number of methoxy groups -OCH3 is 1. The minimum atomic E-state index is -0.645. The van der Waals surface area contributed by atoms with Crippen molar-refractivity contribution < 1.29 is 14.3 Å². The van der Waals surface area contributed by atoms with Gasteiger partial charge in [-0.25, -0.2) is 4.79 Å². The van der Waals surface area contributed by atoms with Gasteiger partial charge in [0.2, 0.25) is 0 Å². The van der Waals surface area contributed by atoms with Gasteiger partial charge in [-0.1, -0.05) is 48.5 Å². The zero-order chi connectivity index (χ0) is 20.6. The van der Waals surface area contributed by atoms with Crippen LogP contribution in [-0.2, 0) is 4.79 Å². The van der Waals surface area contributed by atoms with Crippen LogP contribution in [0.15, 0.2) is 78.9 Å². The molecule has 0 fully saturated rings. The number of rotatable bonds is 6. The highest BCUT2D eigenvalue weighted by Gasteiger charge is 2.14. The fourth-order valence-electron chi connectivity index (χ4n) is 2.82. The Bertz CT molecular complexity index is 1030. The molecule has 29 heavy (non-hydrogen) atoms. The number of nitrogens with two attached hydrogens (primary N) is 1. The largest absolute Gasteiger partial charge is 0.496 e. The second-order valence-corrected chi connectivity index (χ2v) is 6.19. The second-order valence-electron chi connectivity index (χ2n) is 6.19. The van der Waals surface area contributed by atoms with E-state index in [0.29, 0.717) is 22.7 Å². The molecular formula is C23H21N3O3. The van der Waals surface area contributed by atoms with Crippen molar-refractivity contribution in [1.82, 2.24) is 0 Å². The molecule has 0 atom stereocenters. The summed E-state index contributed by atoms with van der Waals surface area (Å²) in [7, 11) is 1.59. The monoisotopic (exact) mass is 387 g/mol. The number of ether oxygens (including phenoxy) is 1. The van der Waals surface area contributed by atoms with Crippen molar-refractivity contribution in [3.8, 4) is 5.75 Å². The van der Waals surface area contributed by atoms with Gasteiger partial charge in [0, 0.05) is 22.5 Å². The molecule has 3 aromatic carbocycles. The average Bonchev–Trinajstić information content (AvgIpc) is 2.74. The molecule has 3 aromatic rings. The molecule has 0 aliphatic heterocycles. The van der Waals surface area contributed by atoms with Crippen LogP contribution in [0.1, 0.15) is 11.1 Å². The summed E-state index contributed by atoms with van der Waals surface area (Å²) in [4.78, 5) is 24.0. The van der Waals surface area contributed by atoms with Gasteiger partial charge >= 0.3 is 6.03 Å².